The van der Waals surface area contributed by atoms with E-state index in [0.717, 1.165) is 23.0 Å². The van der Waals surface area contributed by atoms with Gasteiger partial charge in [-0.25, -0.2) is 4.99 Å². The van der Waals surface area contributed by atoms with Gasteiger partial charge in [0, 0.05) is 25.7 Å². The molecule has 1 N–H and O–H groups in total. The number of hydrogen-bond acceptors (Lipinski definition) is 6. The zero-order valence-corrected chi connectivity index (χ0v) is 16.0. The van der Waals surface area contributed by atoms with Crippen LogP contribution in [0.2, 0.25) is 0 Å². The first-order valence-corrected chi connectivity index (χ1v) is 9.52. The molecule has 1 spiro atoms. The van der Waals surface area contributed by atoms with Crippen LogP contribution in [0.3, 0.4) is 0 Å². The molecule has 7 heteroatoms. The number of hydrogen-bond donors (Lipinski definition) is 1. The van der Waals surface area contributed by atoms with E-state index in [9.17, 15) is 9.59 Å². The van der Waals surface area contributed by atoms with Gasteiger partial charge in [-0.2, -0.15) is 4.98 Å². The Morgan fingerprint density at radius 3 is 2.65 bits per heavy atom. The van der Waals surface area contributed by atoms with Crippen molar-refractivity contribution in [3.63, 3.8) is 0 Å². The molecule has 144 valence electrons. The highest BCUT2D eigenvalue weighted by molar-refractivity contribution is 7.17. The van der Waals surface area contributed by atoms with Gasteiger partial charge in [-0.05, 0) is 25.8 Å². The smallest absolute Gasteiger partial charge is 0.234 e. The number of imide groups is 1. The summed E-state index contributed by atoms with van der Waals surface area (Å²) in [6.45, 7) is 11.3. The van der Waals surface area contributed by atoms with E-state index in [1.54, 1.807) is 12.3 Å². The van der Waals surface area contributed by atoms with E-state index >= 15 is 0 Å². The van der Waals surface area contributed by atoms with Crippen molar-refractivity contribution in [3.05, 3.63) is 11.5 Å². The van der Waals surface area contributed by atoms with Crippen molar-refractivity contribution in [2.24, 2.45) is 10.4 Å². The molecule has 1 aromatic heterocycles. The summed E-state index contributed by atoms with van der Waals surface area (Å²) in [6, 6.07) is 0. The molecule has 0 aromatic carbocycles. The van der Waals surface area contributed by atoms with Crippen molar-refractivity contribution in [1.29, 1.82) is 0 Å². The number of aromatic nitrogens is 1. The average Bonchev–Trinajstić information content (AvgIpc) is 3.18. The molecular weight excluding hydrogens is 348 g/mol. The van der Waals surface area contributed by atoms with Crippen LogP contribution in [-0.4, -0.2) is 36.1 Å². The number of aliphatic imine (C=N–C) groups is 1. The lowest BCUT2D eigenvalue weighted by molar-refractivity contribution is -0.140. The third-order valence-electron chi connectivity index (χ3n) is 4.25. The SMILES string of the molecule is C.C=Cc1sc(N2CCC3(CCC(=O)NC3=O)C2)nc1/N=C\C.CCC. The minimum atomic E-state index is -0.456. The van der Waals surface area contributed by atoms with Gasteiger partial charge in [-0.3, -0.25) is 14.9 Å². The molecule has 0 aliphatic carbocycles. The third-order valence-corrected chi connectivity index (χ3v) is 5.35. The van der Waals surface area contributed by atoms with Crippen molar-refractivity contribution in [1.82, 2.24) is 10.3 Å². The second-order valence-electron chi connectivity index (χ2n) is 6.31. The first kappa shape index (κ1) is 22.0. The Balaban J connectivity index is 0.000000791. The van der Waals surface area contributed by atoms with Crippen LogP contribution in [0.15, 0.2) is 11.6 Å². The molecular formula is C19H30N4O2S. The summed E-state index contributed by atoms with van der Waals surface area (Å²) >= 11 is 1.53. The predicted molar refractivity (Wildman–Crippen MR) is 110 cm³/mol. The standard InChI is InChI=1S/C15H18N4O2S.C3H8.CH4/c1-3-10-12(16-4-2)18-14(22-10)19-8-7-15(9-19)6-5-11(20)17-13(15)21;1-3-2;/h3-4H,1,5-9H2,2H3,(H,17,20,21);3H2,1-2H3;1H4/b16-4-;;. The topological polar surface area (TPSA) is 74.7 Å². The number of piperidine rings is 1. The maximum absolute atomic E-state index is 12.2. The summed E-state index contributed by atoms with van der Waals surface area (Å²) in [5.74, 6) is 0.358. The van der Waals surface area contributed by atoms with Gasteiger partial charge < -0.3 is 4.90 Å². The van der Waals surface area contributed by atoms with Crippen LogP contribution in [0.25, 0.3) is 6.08 Å². The van der Waals surface area contributed by atoms with Crippen LogP contribution in [0, 0.1) is 5.41 Å². The Hall–Kier alpha value is -2.02. The summed E-state index contributed by atoms with van der Waals surface area (Å²) < 4.78 is 0. The second-order valence-corrected chi connectivity index (χ2v) is 7.32. The highest BCUT2D eigenvalue weighted by atomic mass is 32.1. The Bertz CT molecular complexity index is 683. The third kappa shape index (κ3) is 4.58. The number of amides is 2. The van der Waals surface area contributed by atoms with Gasteiger partial charge in [0.2, 0.25) is 11.8 Å². The van der Waals surface area contributed by atoms with Gasteiger partial charge in [0.15, 0.2) is 10.9 Å². The largest absolute Gasteiger partial charge is 0.347 e. The number of nitrogens with zero attached hydrogens (tertiary/aromatic N) is 3. The summed E-state index contributed by atoms with van der Waals surface area (Å²) in [7, 11) is 0. The minimum absolute atomic E-state index is 0. The van der Waals surface area contributed by atoms with Gasteiger partial charge in [0.1, 0.15) is 0 Å². The van der Waals surface area contributed by atoms with Crippen LogP contribution >= 0.6 is 11.3 Å². The molecule has 2 amide bonds. The molecule has 0 radical (unpaired) electrons. The van der Waals surface area contributed by atoms with Gasteiger partial charge in [0.25, 0.3) is 0 Å². The fraction of sp³-hybridized carbons (Fsp3) is 0.579. The Labute approximate surface area is 160 Å². The lowest BCUT2D eigenvalue weighted by Crippen LogP contribution is -2.50. The van der Waals surface area contributed by atoms with Crippen molar-refractivity contribution in [3.8, 4) is 0 Å². The average molecular weight is 379 g/mol. The predicted octanol–water partition coefficient (Wildman–Crippen LogP) is 4.19. The van der Waals surface area contributed by atoms with E-state index in [2.05, 4.69) is 40.6 Å². The number of anilines is 1. The van der Waals surface area contributed by atoms with Crippen LogP contribution < -0.4 is 10.2 Å². The zero-order valence-electron chi connectivity index (χ0n) is 15.2. The lowest BCUT2D eigenvalue weighted by atomic mass is 9.79. The molecule has 2 saturated heterocycles. The van der Waals surface area contributed by atoms with Crippen molar-refractivity contribution in [2.75, 3.05) is 18.0 Å². The molecule has 1 aromatic rings. The highest BCUT2D eigenvalue weighted by Crippen LogP contribution is 2.42. The monoisotopic (exact) mass is 378 g/mol. The van der Waals surface area contributed by atoms with Gasteiger partial charge in [-0.15, -0.1) is 0 Å². The van der Waals surface area contributed by atoms with Crippen molar-refractivity contribution < 1.29 is 9.59 Å². The van der Waals surface area contributed by atoms with Crippen LogP contribution in [-0.2, 0) is 9.59 Å². The Morgan fingerprint density at radius 2 is 2.08 bits per heavy atom. The highest BCUT2D eigenvalue weighted by Gasteiger charge is 2.48. The number of carbonyl (C=O) groups is 2. The quantitative estimate of drug-likeness (QED) is 0.632. The molecule has 2 aliphatic rings. The fourth-order valence-electron chi connectivity index (χ4n) is 3.01. The second kappa shape index (κ2) is 9.62. The maximum atomic E-state index is 12.2. The van der Waals surface area contributed by atoms with E-state index in [0.29, 0.717) is 25.2 Å². The number of thiazole rings is 1. The van der Waals surface area contributed by atoms with Crippen molar-refractivity contribution in [2.45, 2.75) is 53.9 Å². The van der Waals surface area contributed by atoms with Crippen LogP contribution in [0.4, 0.5) is 10.9 Å². The summed E-state index contributed by atoms with van der Waals surface area (Å²) in [6.07, 6.45) is 6.49. The number of rotatable bonds is 3. The van der Waals surface area contributed by atoms with E-state index in [1.807, 2.05) is 6.92 Å². The molecule has 3 rings (SSSR count). The normalized spacial score (nSPS) is 22.0. The van der Waals surface area contributed by atoms with Crippen LogP contribution in [0.1, 0.15) is 58.8 Å². The summed E-state index contributed by atoms with van der Waals surface area (Å²) in [4.78, 5) is 35.4. The Morgan fingerprint density at radius 1 is 1.38 bits per heavy atom. The number of nitrogens with one attached hydrogen (secondary N) is 1. The molecule has 0 bridgehead atoms. The molecule has 26 heavy (non-hydrogen) atoms. The molecule has 2 aliphatic heterocycles. The maximum Gasteiger partial charge on any atom is 0.234 e. The molecule has 6 nitrogen and oxygen atoms in total. The summed E-state index contributed by atoms with van der Waals surface area (Å²) in [5, 5.41) is 3.33. The summed E-state index contributed by atoms with van der Waals surface area (Å²) in [5.41, 5.74) is -0.456. The first-order chi connectivity index (χ1) is 12.0. The lowest BCUT2D eigenvalue weighted by Gasteiger charge is -2.31. The Kier molecular flexibility index (Phi) is 8.14. The molecule has 1 unspecified atom stereocenters. The molecule has 0 saturated carbocycles. The van der Waals surface area contributed by atoms with Crippen molar-refractivity contribution >= 4 is 46.4 Å². The molecule has 2 fully saturated rings. The fourth-order valence-corrected chi connectivity index (χ4v) is 3.90. The minimum Gasteiger partial charge on any atom is -0.347 e. The van der Waals surface area contributed by atoms with Crippen LogP contribution in [0.5, 0.6) is 0 Å². The van der Waals surface area contributed by atoms with E-state index in [4.69, 9.17) is 0 Å². The van der Waals surface area contributed by atoms with E-state index in [1.165, 1.54) is 17.8 Å². The van der Waals surface area contributed by atoms with E-state index in [-0.39, 0.29) is 19.2 Å². The zero-order chi connectivity index (χ0) is 18.4. The van der Waals surface area contributed by atoms with Gasteiger partial charge >= 0.3 is 0 Å². The first-order valence-electron chi connectivity index (χ1n) is 8.70. The van der Waals surface area contributed by atoms with E-state index < -0.39 is 5.41 Å². The molecule has 1 atom stereocenters. The molecule has 3 heterocycles. The number of carbonyl (C=O) groups excluding carboxylic acids is 2. The van der Waals surface area contributed by atoms with Gasteiger partial charge in [-0.1, -0.05) is 45.6 Å². The van der Waals surface area contributed by atoms with Gasteiger partial charge in [0.05, 0.1) is 10.3 Å².